The van der Waals surface area contributed by atoms with Crippen LogP contribution in [0.5, 0.6) is 0 Å². The highest BCUT2D eigenvalue weighted by Crippen LogP contribution is 2.19. The number of nitrogens with zero attached hydrogens (tertiary/aromatic N) is 2. The van der Waals surface area contributed by atoms with Gasteiger partial charge in [-0.2, -0.15) is 4.98 Å². The topological polar surface area (TPSA) is 51.0 Å². The van der Waals surface area contributed by atoms with E-state index in [1.165, 1.54) is 29.5 Å². The predicted octanol–water partition coefficient (Wildman–Crippen LogP) is 2.53. The van der Waals surface area contributed by atoms with Crippen molar-refractivity contribution >= 4 is 0 Å². The highest BCUT2D eigenvalue weighted by atomic mass is 16.5. The number of hydrogen-bond acceptors (Lipinski definition) is 4. The Kier molecular flexibility index (Phi) is 3.34. The Morgan fingerprint density at radius 3 is 2.95 bits per heavy atom. The number of aromatic nitrogens is 2. The van der Waals surface area contributed by atoms with Crippen molar-refractivity contribution in [3.05, 3.63) is 46.6 Å². The van der Waals surface area contributed by atoms with Crippen molar-refractivity contribution in [1.29, 1.82) is 0 Å². The minimum absolute atomic E-state index is 0.668. The second kappa shape index (κ2) is 5.13. The lowest BCUT2D eigenvalue weighted by Gasteiger charge is -2.03. The predicted molar refractivity (Wildman–Crippen MR) is 72.9 cm³/mol. The van der Waals surface area contributed by atoms with Crippen LogP contribution < -0.4 is 5.32 Å². The molecule has 1 aromatic carbocycles. The second-order valence-electron chi connectivity index (χ2n) is 5.37. The molecule has 1 fully saturated rings. The van der Waals surface area contributed by atoms with Crippen LogP contribution in [-0.2, 0) is 13.0 Å². The van der Waals surface area contributed by atoms with Crippen LogP contribution >= 0.6 is 0 Å². The van der Waals surface area contributed by atoms with Gasteiger partial charge in [-0.1, -0.05) is 28.9 Å². The van der Waals surface area contributed by atoms with Crippen LogP contribution in [0.1, 0.15) is 41.2 Å². The van der Waals surface area contributed by atoms with Crippen molar-refractivity contribution in [2.24, 2.45) is 0 Å². The molecular formula is C15H19N3O. The van der Waals surface area contributed by atoms with Crippen LogP contribution in [0.15, 0.2) is 22.7 Å². The molecule has 1 aliphatic rings. The minimum atomic E-state index is 0.668. The van der Waals surface area contributed by atoms with Crippen LogP contribution in [0, 0.1) is 13.8 Å². The van der Waals surface area contributed by atoms with E-state index in [1.54, 1.807) is 0 Å². The SMILES string of the molecule is Cc1ccc(C)c(Cc2nc(CNC3CC3)no2)c1. The molecule has 0 amide bonds. The molecule has 2 aromatic rings. The van der Waals surface area contributed by atoms with Crippen LogP contribution in [0.4, 0.5) is 0 Å². The van der Waals surface area contributed by atoms with E-state index in [-0.39, 0.29) is 0 Å². The summed E-state index contributed by atoms with van der Waals surface area (Å²) in [4.78, 5) is 4.44. The van der Waals surface area contributed by atoms with Gasteiger partial charge in [-0.3, -0.25) is 0 Å². The van der Waals surface area contributed by atoms with E-state index in [9.17, 15) is 0 Å². The molecule has 1 heterocycles. The van der Waals surface area contributed by atoms with Crippen molar-refractivity contribution in [2.75, 3.05) is 0 Å². The third kappa shape index (κ3) is 3.20. The van der Waals surface area contributed by atoms with Crippen molar-refractivity contribution in [3.63, 3.8) is 0 Å². The quantitative estimate of drug-likeness (QED) is 0.894. The zero-order chi connectivity index (χ0) is 13.2. The molecule has 0 saturated heterocycles. The Morgan fingerprint density at radius 1 is 1.32 bits per heavy atom. The van der Waals surface area contributed by atoms with Crippen LogP contribution in [0.25, 0.3) is 0 Å². The van der Waals surface area contributed by atoms with Gasteiger partial charge in [-0.15, -0.1) is 0 Å². The van der Waals surface area contributed by atoms with Gasteiger partial charge < -0.3 is 9.84 Å². The van der Waals surface area contributed by atoms with E-state index in [0.29, 0.717) is 24.9 Å². The Hall–Kier alpha value is -1.68. The maximum Gasteiger partial charge on any atom is 0.231 e. The monoisotopic (exact) mass is 257 g/mol. The van der Waals surface area contributed by atoms with Crippen LogP contribution in [-0.4, -0.2) is 16.2 Å². The van der Waals surface area contributed by atoms with Crippen molar-refractivity contribution in [2.45, 2.75) is 45.7 Å². The first-order valence-corrected chi connectivity index (χ1v) is 6.81. The van der Waals surface area contributed by atoms with E-state index in [1.807, 2.05) is 0 Å². The maximum absolute atomic E-state index is 5.32. The van der Waals surface area contributed by atoms with Gasteiger partial charge in [-0.05, 0) is 37.8 Å². The summed E-state index contributed by atoms with van der Waals surface area (Å²) in [6.07, 6.45) is 3.25. The third-order valence-corrected chi connectivity index (χ3v) is 3.48. The average molecular weight is 257 g/mol. The summed E-state index contributed by atoms with van der Waals surface area (Å²) in [5, 5.41) is 7.40. The number of nitrogens with one attached hydrogen (secondary N) is 1. The number of aryl methyl sites for hydroxylation is 2. The molecule has 19 heavy (non-hydrogen) atoms. The first kappa shape index (κ1) is 12.4. The molecule has 1 aliphatic carbocycles. The molecule has 0 radical (unpaired) electrons. The normalized spacial score (nSPS) is 14.8. The van der Waals surface area contributed by atoms with Gasteiger partial charge in [0.1, 0.15) is 0 Å². The summed E-state index contributed by atoms with van der Waals surface area (Å²) in [6, 6.07) is 7.11. The Balaban J connectivity index is 1.66. The molecule has 1 saturated carbocycles. The van der Waals surface area contributed by atoms with E-state index in [4.69, 9.17) is 4.52 Å². The van der Waals surface area contributed by atoms with Crippen molar-refractivity contribution in [1.82, 2.24) is 15.5 Å². The standard InChI is InChI=1S/C15H19N3O/c1-10-3-4-11(2)12(7-10)8-15-17-14(18-19-15)9-16-13-5-6-13/h3-4,7,13,16H,5-6,8-9H2,1-2H3. The lowest BCUT2D eigenvalue weighted by atomic mass is 10.0. The molecular weight excluding hydrogens is 238 g/mol. The summed E-state index contributed by atoms with van der Waals surface area (Å²) >= 11 is 0. The molecule has 1 aromatic heterocycles. The summed E-state index contributed by atoms with van der Waals surface area (Å²) in [5.74, 6) is 1.45. The largest absolute Gasteiger partial charge is 0.339 e. The maximum atomic E-state index is 5.32. The fourth-order valence-electron chi connectivity index (χ4n) is 2.11. The molecule has 0 atom stereocenters. The molecule has 0 unspecified atom stereocenters. The van der Waals surface area contributed by atoms with Gasteiger partial charge in [0, 0.05) is 6.04 Å². The fraction of sp³-hybridized carbons (Fsp3) is 0.467. The van der Waals surface area contributed by atoms with E-state index in [2.05, 4.69) is 47.5 Å². The summed E-state index contributed by atoms with van der Waals surface area (Å²) < 4.78 is 5.32. The summed E-state index contributed by atoms with van der Waals surface area (Å²) in [6.45, 7) is 4.92. The number of benzene rings is 1. The molecule has 4 nitrogen and oxygen atoms in total. The molecule has 100 valence electrons. The zero-order valence-electron chi connectivity index (χ0n) is 11.4. The highest BCUT2D eigenvalue weighted by molar-refractivity contribution is 5.32. The molecule has 0 aliphatic heterocycles. The minimum Gasteiger partial charge on any atom is -0.339 e. The number of hydrogen-bond donors (Lipinski definition) is 1. The summed E-state index contributed by atoms with van der Waals surface area (Å²) in [7, 11) is 0. The molecule has 1 N–H and O–H groups in total. The van der Waals surface area contributed by atoms with Gasteiger partial charge in [0.25, 0.3) is 0 Å². The van der Waals surface area contributed by atoms with E-state index in [0.717, 1.165) is 5.82 Å². The third-order valence-electron chi connectivity index (χ3n) is 3.48. The van der Waals surface area contributed by atoms with Gasteiger partial charge in [0.15, 0.2) is 5.82 Å². The second-order valence-corrected chi connectivity index (χ2v) is 5.37. The number of rotatable bonds is 5. The van der Waals surface area contributed by atoms with Gasteiger partial charge in [0.2, 0.25) is 5.89 Å². The lowest BCUT2D eigenvalue weighted by molar-refractivity contribution is 0.377. The Bertz CT molecular complexity index is 573. The Labute approximate surface area is 113 Å². The zero-order valence-corrected chi connectivity index (χ0v) is 11.4. The highest BCUT2D eigenvalue weighted by Gasteiger charge is 2.21. The molecule has 3 rings (SSSR count). The van der Waals surface area contributed by atoms with Crippen LogP contribution in [0.3, 0.4) is 0 Å². The Morgan fingerprint density at radius 2 is 2.16 bits per heavy atom. The molecule has 0 bridgehead atoms. The summed E-state index contributed by atoms with van der Waals surface area (Å²) in [5.41, 5.74) is 3.78. The average Bonchev–Trinajstić information content (AvgIpc) is 3.12. The van der Waals surface area contributed by atoms with Crippen molar-refractivity contribution < 1.29 is 4.52 Å². The fourth-order valence-corrected chi connectivity index (χ4v) is 2.11. The van der Waals surface area contributed by atoms with Crippen LogP contribution in [0.2, 0.25) is 0 Å². The van der Waals surface area contributed by atoms with Gasteiger partial charge >= 0.3 is 0 Å². The van der Waals surface area contributed by atoms with Gasteiger partial charge in [-0.25, -0.2) is 0 Å². The molecule has 0 spiro atoms. The lowest BCUT2D eigenvalue weighted by Crippen LogP contribution is -2.16. The van der Waals surface area contributed by atoms with Crippen molar-refractivity contribution in [3.8, 4) is 0 Å². The van der Waals surface area contributed by atoms with Gasteiger partial charge in [0.05, 0.1) is 13.0 Å². The van der Waals surface area contributed by atoms with E-state index < -0.39 is 0 Å². The van der Waals surface area contributed by atoms with E-state index >= 15 is 0 Å². The first-order valence-electron chi connectivity index (χ1n) is 6.81. The molecule has 4 heteroatoms. The first-order chi connectivity index (χ1) is 9.20. The smallest absolute Gasteiger partial charge is 0.231 e.